The molecule has 0 spiro atoms. The second-order valence-corrected chi connectivity index (χ2v) is 7.66. The van der Waals surface area contributed by atoms with E-state index in [1.165, 1.54) is 17.4 Å². The molecule has 2 heterocycles. The lowest BCUT2D eigenvalue weighted by atomic mass is 10.2. The third kappa shape index (κ3) is 4.03. The van der Waals surface area contributed by atoms with Crippen LogP contribution in [0.15, 0.2) is 48.5 Å². The van der Waals surface area contributed by atoms with Crippen LogP contribution in [0, 0.1) is 6.92 Å². The van der Waals surface area contributed by atoms with E-state index in [9.17, 15) is 4.79 Å². The SMILES string of the molecule is Cc1nc(-c2ccccc2Cl)sc1CNC(=O)/C=C/c1ccc2c(c1)OCO2. The Hall–Kier alpha value is -2.83. The zero-order valence-corrected chi connectivity index (χ0v) is 16.6. The van der Waals surface area contributed by atoms with Crippen LogP contribution in [0.4, 0.5) is 0 Å². The third-order valence-corrected chi connectivity index (χ3v) is 5.76. The van der Waals surface area contributed by atoms with Gasteiger partial charge in [-0.25, -0.2) is 4.98 Å². The van der Waals surface area contributed by atoms with E-state index in [-0.39, 0.29) is 12.7 Å². The molecule has 28 heavy (non-hydrogen) atoms. The Bertz CT molecular complexity index is 1060. The van der Waals surface area contributed by atoms with E-state index >= 15 is 0 Å². The molecule has 0 saturated heterocycles. The molecule has 1 N–H and O–H groups in total. The minimum Gasteiger partial charge on any atom is -0.454 e. The summed E-state index contributed by atoms with van der Waals surface area (Å²) in [7, 11) is 0. The highest BCUT2D eigenvalue weighted by Gasteiger charge is 2.13. The first kappa shape index (κ1) is 18.5. The van der Waals surface area contributed by atoms with Crippen LogP contribution in [0.2, 0.25) is 5.02 Å². The molecule has 0 unspecified atom stereocenters. The van der Waals surface area contributed by atoms with E-state index < -0.39 is 0 Å². The number of nitrogens with zero attached hydrogens (tertiary/aromatic N) is 1. The molecule has 0 atom stereocenters. The summed E-state index contributed by atoms with van der Waals surface area (Å²) in [5.74, 6) is 1.23. The van der Waals surface area contributed by atoms with Crippen LogP contribution in [0.1, 0.15) is 16.1 Å². The molecule has 2 aromatic carbocycles. The van der Waals surface area contributed by atoms with Gasteiger partial charge in [-0.2, -0.15) is 0 Å². The Morgan fingerprint density at radius 2 is 2.07 bits per heavy atom. The lowest BCUT2D eigenvalue weighted by Crippen LogP contribution is -2.20. The van der Waals surface area contributed by atoms with Crippen molar-refractivity contribution in [2.45, 2.75) is 13.5 Å². The second-order valence-electron chi connectivity index (χ2n) is 6.17. The first-order chi connectivity index (χ1) is 13.6. The summed E-state index contributed by atoms with van der Waals surface area (Å²) in [6.07, 6.45) is 3.24. The number of amides is 1. The highest BCUT2D eigenvalue weighted by molar-refractivity contribution is 7.15. The largest absolute Gasteiger partial charge is 0.454 e. The number of ether oxygens (including phenoxy) is 2. The molecule has 1 amide bonds. The van der Waals surface area contributed by atoms with Crippen molar-refractivity contribution in [1.82, 2.24) is 10.3 Å². The summed E-state index contributed by atoms with van der Waals surface area (Å²) >= 11 is 7.79. The zero-order chi connectivity index (χ0) is 19.5. The van der Waals surface area contributed by atoms with Gasteiger partial charge in [0.15, 0.2) is 11.5 Å². The van der Waals surface area contributed by atoms with Crippen LogP contribution >= 0.6 is 22.9 Å². The number of benzene rings is 2. The molecule has 142 valence electrons. The number of rotatable bonds is 5. The Balaban J connectivity index is 1.39. The predicted molar refractivity (Wildman–Crippen MR) is 111 cm³/mol. The molecular weight excluding hydrogens is 396 g/mol. The normalized spacial score (nSPS) is 12.5. The molecule has 0 bridgehead atoms. The van der Waals surface area contributed by atoms with Crippen LogP contribution < -0.4 is 14.8 Å². The summed E-state index contributed by atoms with van der Waals surface area (Å²) in [4.78, 5) is 17.8. The number of thiazole rings is 1. The average molecular weight is 413 g/mol. The summed E-state index contributed by atoms with van der Waals surface area (Å²) in [6.45, 7) is 2.58. The minimum absolute atomic E-state index is 0.176. The zero-order valence-electron chi connectivity index (χ0n) is 15.1. The van der Waals surface area contributed by atoms with Crippen LogP contribution in [-0.4, -0.2) is 17.7 Å². The van der Waals surface area contributed by atoms with E-state index in [0.717, 1.165) is 32.5 Å². The quantitative estimate of drug-likeness (QED) is 0.610. The Morgan fingerprint density at radius 1 is 1.25 bits per heavy atom. The average Bonchev–Trinajstić information content (AvgIpc) is 3.31. The monoisotopic (exact) mass is 412 g/mol. The molecule has 4 rings (SSSR count). The number of nitrogens with one attached hydrogen (secondary N) is 1. The van der Waals surface area contributed by atoms with Crippen molar-refractivity contribution in [3.05, 3.63) is 69.7 Å². The van der Waals surface area contributed by atoms with Gasteiger partial charge in [0, 0.05) is 16.5 Å². The van der Waals surface area contributed by atoms with Crippen molar-refractivity contribution in [2.75, 3.05) is 6.79 Å². The summed E-state index contributed by atoms with van der Waals surface area (Å²) in [5, 5.41) is 4.41. The fourth-order valence-corrected chi connectivity index (χ4v) is 4.08. The maximum atomic E-state index is 12.2. The van der Waals surface area contributed by atoms with Gasteiger partial charge < -0.3 is 14.8 Å². The molecule has 0 aliphatic carbocycles. The maximum Gasteiger partial charge on any atom is 0.244 e. The van der Waals surface area contributed by atoms with Crippen molar-refractivity contribution >= 4 is 34.9 Å². The van der Waals surface area contributed by atoms with E-state index in [2.05, 4.69) is 10.3 Å². The third-order valence-electron chi connectivity index (χ3n) is 4.24. The summed E-state index contributed by atoms with van der Waals surface area (Å²) < 4.78 is 10.6. The molecule has 0 fully saturated rings. The van der Waals surface area contributed by atoms with Crippen molar-refractivity contribution in [3.63, 3.8) is 0 Å². The van der Waals surface area contributed by atoms with Crippen LogP contribution in [-0.2, 0) is 11.3 Å². The molecule has 3 aromatic rings. The van der Waals surface area contributed by atoms with E-state index in [1.807, 2.05) is 49.4 Å². The molecular formula is C21H17ClN2O3S. The van der Waals surface area contributed by atoms with Crippen LogP contribution in [0.5, 0.6) is 11.5 Å². The molecule has 7 heteroatoms. The predicted octanol–water partition coefficient (Wildman–Crippen LogP) is 4.83. The Labute approximate surface area is 171 Å². The Kier molecular flexibility index (Phi) is 5.32. The van der Waals surface area contributed by atoms with Gasteiger partial charge in [0.2, 0.25) is 12.7 Å². The highest BCUT2D eigenvalue weighted by Crippen LogP contribution is 2.33. The molecule has 1 aliphatic heterocycles. The van der Waals surface area contributed by atoms with Gasteiger partial charge in [-0.3, -0.25) is 4.79 Å². The highest BCUT2D eigenvalue weighted by atomic mass is 35.5. The van der Waals surface area contributed by atoms with Gasteiger partial charge in [-0.05, 0) is 36.8 Å². The van der Waals surface area contributed by atoms with Crippen LogP contribution in [0.3, 0.4) is 0 Å². The molecule has 0 saturated carbocycles. The molecule has 0 radical (unpaired) electrons. The summed E-state index contributed by atoms with van der Waals surface area (Å²) in [6, 6.07) is 13.2. The number of hydrogen-bond acceptors (Lipinski definition) is 5. The maximum absolute atomic E-state index is 12.2. The number of halogens is 1. The lowest BCUT2D eigenvalue weighted by molar-refractivity contribution is -0.116. The van der Waals surface area contributed by atoms with E-state index in [4.69, 9.17) is 21.1 Å². The second kappa shape index (κ2) is 8.04. The lowest BCUT2D eigenvalue weighted by Gasteiger charge is -2.01. The first-order valence-electron chi connectivity index (χ1n) is 8.67. The van der Waals surface area contributed by atoms with E-state index in [1.54, 1.807) is 6.08 Å². The van der Waals surface area contributed by atoms with Gasteiger partial charge >= 0.3 is 0 Å². The Morgan fingerprint density at radius 3 is 2.93 bits per heavy atom. The van der Waals surface area contributed by atoms with Crippen LogP contribution in [0.25, 0.3) is 16.6 Å². The van der Waals surface area contributed by atoms with Gasteiger partial charge in [0.1, 0.15) is 5.01 Å². The molecule has 1 aromatic heterocycles. The van der Waals surface area contributed by atoms with E-state index in [0.29, 0.717) is 17.3 Å². The molecule has 1 aliphatic rings. The number of fused-ring (bicyclic) bond motifs is 1. The van der Waals surface area contributed by atoms with Gasteiger partial charge in [0.25, 0.3) is 0 Å². The number of hydrogen-bond donors (Lipinski definition) is 1. The number of carbonyl (C=O) groups excluding carboxylic acids is 1. The summed E-state index contributed by atoms with van der Waals surface area (Å²) in [5.41, 5.74) is 2.66. The topological polar surface area (TPSA) is 60.5 Å². The first-order valence-corrected chi connectivity index (χ1v) is 9.86. The van der Waals surface area contributed by atoms with Crippen molar-refractivity contribution < 1.29 is 14.3 Å². The number of aryl methyl sites for hydroxylation is 1. The minimum atomic E-state index is -0.176. The van der Waals surface area contributed by atoms with Crippen molar-refractivity contribution in [3.8, 4) is 22.1 Å². The fraction of sp³-hybridized carbons (Fsp3) is 0.143. The smallest absolute Gasteiger partial charge is 0.244 e. The number of aromatic nitrogens is 1. The van der Waals surface area contributed by atoms with Gasteiger partial charge in [0.05, 0.1) is 17.3 Å². The van der Waals surface area contributed by atoms with Gasteiger partial charge in [-0.15, -0.1) is 11.3 Å². The molecule has 5 nitrogen and oxygen atoms in total. The van der Waals surface area contributed by atoms with Crippen molar-refractivity contribution in [1.29, 1.82) is 0 Å². The standard InChI is InChI=1S/C21H17ClN2O3S/c1-13-19(28-21(24-13)15-4-2-3-5-16(15)22)11-23-20(25)9-7-14-6-8-17-18(10-14)27-12-26-17/h2-10H,11-12H2,1H3,(H,23,25)/b9-7+. The fourth-order valence-electron chi connectivity index (χ4n) is 2.76. The number of carbonyl (C=O) groups is 1. The van der Waals surface area contributed by atoms with Crippen molar-refractivity contribution in [2.24, 2.45) is 0 Å². The van der Waals surface area contributed by atoms with Gasteiger partial charge in [-0.1, -0.05) is 35.9 Å².